The average molecular weight is 244 g/mol. The monoisotopic (exact) mass is 244 g/mol. The van der Waals surface area contributed by atoms with Gasteiger partial charge in [0.1, 0.15) is 0 Å². The highest BCUT2D eigenvalue weighted by atomic mass is 16.5. The fourth-order valence-electron chi connectivity index (χ4n) is 2.21. The van der Waals surface area contributed by atoms with Crippen molar-refractivity contribution in [3.63, 3.8) is 0 Å². The van der Waals surface area contributed by atoms with E-state index in [9.17, 15) is 4.79 Å². The molecule has 3 N–H and O–H groups in total. The van der Waals surface area contributed by atoms with Gasteiger partial charge in [0.15, 0.2) is 0 Å². The molecule has 1 rings (SSSR count). The van der Waals surface area contributed by atoms with Crippen molar-refractivity contribution in [2.24, 2.45) is 5.41 Å². The van der Waals surface area contributed by atoms with Crippen LogP contribution >= 0.6 is 0 Å². The van der Waals surface area contributed by atoms with Crippen molar-refractivity contribution < 1.29 is 14.6 Å². The van der Waals surface area contributed by atoms with E-state index in [-0.39, 0.29) is 17.9 Å². The van der Waals surface area contributed by atoms with Crippen molar-refractivity contribution in [1.82, 2.24) is 10.6 Å². The van der Waals surface area contributed by atoms with Gasteiger partial charge in [0.05, 0.1) is 25.2 Å². The van der Waals surface area contributed by atoms with E-state index < -0.39 is 0 Å². The van der Waals surface area contributed by atoms with Gasteiger partial charge in [-0.1, -0.05) is 6.92 Å². The standard InChI is InChI=1S/C12H24N2O3/c1-2-12(4-3-5-13-10-12)11(16)14-6-8-17-9-7-15/h13,15H,2-10H2,1H3,(H,14,16). The van der Waals surface area contributed by atoms with Crippen LogP contribution in [0.25, 0.3) is 0 Å². The Kier molecular flexibility index (Phi) is 6.47. The number of carbonyl (C=O) groups excluding carboxylic acids is 1. The van der Waals surface area contributed by atoms with Gasteiger partial charge in [0.25, 0.3) is 0 Å². The number of carbonyl (C=O) groups is 1. The molecule has 0 aliphatic carbocycles. The normalized spacial score (nSPS) is 24.6. The molecule has 1 aliphatic heterocycles. The quantitative estimate of drug-likeness (QED) is 0.547. The van der Waals surface area contributed by atoms with Crippen molar-refractivity contribution in [3.05, 3.63) is 0 Å². The number of aliphatic hydroxyl groups excluding tert-OH is 1. The van der Waals surface area contributed by atoms with Gasteiger partial charge in [-0.25, -0.2) is 0 Å². The van der Waals surface area contributed by atoms with E-state index in [4.69, 9.17) is 9.84 Å². The van der Waals surface area contributed by atoms with Crippen LogP contribution in [-0.4, -0.2) is 50.5 Å². The van der Waals surface area contributed by atoms with E-state index >= 15 is 0 Å². The molecule has 0 saturated carbocycles. The molecule has 0 spiro atoms. The molecular weight excluding hydrogens is 220 g/mol. The van der Waals surface area contributed by atoms with E-state index in [1.807, 2.05) is 0 Å². The van der Waals surface area contributed by atoms with Gasteiger partial charge < -0.3 is 20.5 Å². The van der Waals surface area contributed by atoms with Gasteiger partial charge in [-0.2, -0.15) is 0 Å². The van der Waals surface area contributed by atoms with Gasteiger partial charge in [-0.3, -0.25) is 4.79 Å². The molecule has 1 amide bonds. The van der Waals surface area contributed by atoms with Crippen LogP contribution in [0.2, 0.25) is 0 Å². The van der Waals surface area contributed by atoms with Crippen LogP contribution in [0.4, 0.5) is 0 Å². The predicted molar refractivity (Wildman–Crippen MR) is 65.7 cm³/mol. The second-order valence-electron chi connectivity index (χ2n) is 4.51. The number of hydrogen-bond donors (Lipinski definition) is 3. The Balaban J connectivity index is 2.28. The van der Waals surface area contributed by atoms with Crippen molar-refractivity contribution >= 4 is 5.91 Å². The van der Waals surface area contributed by atoms with Crippen LogP contribution in [-0.2, 0) is 9.53 Å². The number of aliphatic hydroxyl groups is 1. The van der Waals surface area contributed by atoms with Crippen LogP contribution in [0, 0.1) is 5.41 Å². The first-order valence-corrected chi connectivity index (χ1v) is 6.43. The summed E-state index contributed by atoms with van der Waals surface area (Å²) >= 11 is 0. The molecule has 1 atom stereocenters. The summed E-state index contributed by atoms with van der Waals surface area (Å²) in [7, 11) is 0. The minimum atomic E-state index is -0.241. The minimum Gasteiger partial charge on any atom is -0.394 e. The first-order chi connectivity index (χ1) is 8.25. The van der Waals surface area contributed by atoms with E-state index in [1.165, 1.54) is 0 Å². The largest absolute Gasteiger partial charge is 0.394 e. The molecule has 0 aromatic heterocycles. The average Bonchev–Trinajstić information content (AvgIpc) is 2.39. The number of nitrogens with one attached hydrogen (secondary N) is 2. The van der Waals surface area contributed by atoms with Gasteiger partial charge in [-0.15, -0.1) is 0 Å². The number of piperidine rings is 1. The zero-order valence-electron chi connectivity index (χ0n) is 10.6. The maximum absolute atomic E-state index is 12.1. The second-order valence-corrected chi connectivity index (χ2v) is 4.51. The maximum atomic E-state index is 12.1. The van der Waals surface area contributed by atoms with Gasteiger partial charge in [0, 0.05) is 13.1 Å². The molecule has 0 aromatic rings. The molecule has 1 fully saturated rings. The van der Waals surface area contributed by atoms with Crippen molar-refractivity contribution in [1.29, 1.82) is 0 Å². The lowest BCUT2D eigenvalue weighted by Gasteiger charge is -2.35. The number of ether oxygens (including phenoxy) is 1. The van der Waals surface area contributed by atoms with Crippen molar-refractivity contribution in [2.75, 3.05) is 39.5 Å². The van der Waals surface area contributed by atoms with Gasteiger partial charge in [0.2, 0.25) is 5.91 Å². The summed E-state index contributed by atoms with van der Waals surface area (Å²) in [6.07, 6.45) is 2.88. The highest BCUT2D eigenvalue weighted by molar-refractivity contribution is 5.83. The Bertz CT molecular complexity index is 228. The van der Waals surface area contributed by atoms with Crippen LogP contribution < -0.4 is 10.6 Å². The molecular formula is C12H24N2O3. The third-order valence-electron chi connectivity index (χ3n) is 3.40. The predicted octanol–water partition coefficient (Wildman–Crippen LogP) is -0.109. The highest BCUT2D eigenvalue weighted by Crippen LogP contribution is 2.29. The zero-order valence-corrected chi connectivity index (χ0v) is 10.6. The summed E-state index contributed by atoms with van der Waals surface area (Å²) in [4.78, 5) is 12.1. The molecule has 0 radical (unpaired) electrons. The summed E-state index contributed by atoms with van der Waals surface area (Å²) in [5.74, 6) is 0.125. The lowest BCUT2D eigenvalue weighted by molar-refractivity contribution is -0.132. The second kappa shape index (κ2) is 7.63. The maximum Gasteiger partial charge on any atom is 0.227 e. The molecule has 1 aliphatic rings. The lowest BCUT2D eigenvalue weighted by Crippen LogP contribution is -2.50. The summed E-state index contributed by atoms with van der Waals surface area (Å²) in [5.41, 5.74) is -0.241. The molecule has 1 heterocycles. The first kappa shape index (κ1) is 14.4. The third kappa shape index (κ3) is 4.26. The molecule has 5 nitrogen and oxygen atoms in total. The molecule has 1 saturated heterocycles. The molecule has 1 unspecified atom stereocenters. The fourth-order valence-corrected chi connectivity index (χ4v) is 2.21. The first-order valence-electron chi connectivity index (χ1n) is 6.43. The van der Waals surface area contributed by atoms with Crippen LogP contribution in [0.1, 0.15) is 26.2 Å². The SMILES string of the molecule is CCC1(C(=O)NCCOCCO)CCCNC1. The van der Waals surface area contributed by atoms with E-state index in [0.29, 0.717) is 19.8 Å². The summed E-state index contributed by atoms with van der Waals surface area (Å²) < 4.78 is 5.11. The smallest absolute Gasteiger partial charge is 0.227 e. The van der Waals surface area contributed by atoms with Gasteiger partial charge in [-0.05, 0) is 25.8 Å². The Morgan fingerprint density at radius 2 is 2.35 bits per heavy atom. The highest BCUT2D eigenvalue weighted by Gasteiger charge is 2.37. The summed E-state index contributed by atoms with van der Waals surface area (Å²) in [6, 6.07) is 0. The minimum absolute atomic E-state index is 0.0246. The Hall–Kier alpha value is -0.650. The van der Waals surface area contributed by atoms with Crippen LogP contribution in [0.15, 0.2) is 0 Å². The molecule has 5 heteroatoms. The molecule has 100 valence electrons. The van der Waals surface area contributed by atoms with Crippen LogP contribution in [0.3, 0.4) is 0 Å². The summed E-state index contributed by atoms with van der Waals surface area (Å²) in [6.45, 7) is 5.17. The Labute approximate surface area is 103 Å². The van der Waals surface area contributed by atoms with Crippen molar-refractivity contribution in [3.8, 4) is 0 Å². The van der Waals surface area contributed by atoms with E-state index in [2.05, 4.69) is 17.6 Å². The number of rotatable bonds is 7. The number of hydrogen-bond acceptors (Lipinski definition) is 4. The lowest BCUT2D eigenvalue weighted by atomic mass is 9.77. The summed E-state index contributed by atoms with van der Waals surface area (Å²) in [5, 5.41) is 14.7. The fraction of sp³-hybridized carbons (Fsp3) is 0.917. The van der Waals surface area contributed by atoms with E-state index in [1.54, 1.807) is 0 Å². The van der Waals surface area contributed by atoms with Crippen LogP contribution in [0.5, 0.6) is 0 Å². The Morgan fingerprint density at radius 1 is 1.53 bits per heavy atom. The molecule has 17 heavy (non-hydrogen) atoms. The zero-order chi connectivity index (χ0) is 12.6. The van der Waals surface area contributed by atoms with Crippen molar-refractivity contribution in [2.45, 2.75) is 26.2 Å². The molecule has 0 bridgehead atoms. The van der Waals surface area contributed by atoms with Gasteiger partial charge >= 0.3 is 0 Å². The number of amides is 1. The Morgan fingerprint density at radius 3 is 2.94 bits per heavy atom. The van der Waals surface area contributed by atoms with E-state index in [0.717, 1.165) is 32.4 Å². The third-order valence-corrected chi connectivity index (χ3v) is 3.40. The molecule has 0 aromatic carbocycles. The topological polar surface area (TPSA) is 70.6 Å².